The van der Waals surface area contributed by atoms with E-state index in [0.717, 1.165) is 48.1 Å². The molecule has 37 heavy (non-hydrogen) atoms. The molecule has 0 radical (unpaired) electrons. The first kappa shape index (κ1) is 25.9. The third kappa shape index (κ3) is 6.73. The minimum atomic E-state index is -0.448. The fourth-order valence-electron chi connectivity index (χ4n) is 3.78. The van der Waals surface area contributed by atoms with Crippen LogP contribution in [0, 0.1) is 0 Å². The van der Waals surface area contributed by atoms with Gasteiger partial charge in [-0.25, -0.2) is 14.8 Å². The summed E-state index contributed by atoms with van der Waals surface area (Å²) in [5.41, 5.74) is 2.37. The molecule has 0 saturated heterocycles. The smallest absolute Gasteiger partial charge is 0.324 e. The van der Waals surface area contributed by atoms with Gasteiger partial charge in [-0.05, 0) is 49.1 Å². The Morgan fingerprint density at radius 1 is 1.05 bits per heavy atom. The number of nitrogens with zero attached hydrogens (tertiary/aromatic N) is 3. The first-order valence-electron chi connectivity index (χ1n) is 12.1. The summed E-state index contributed by atoms with van der Waals surface area (Å²) in [6.07, 6.45) is 4.27. The lowest BCUT2D eigenvalue weighted by molar-refractivity contribution is 0.193. The molecule has 0 atom stereocenters. The molecule has 0 saturated carbocycles. The number of unbranched alkanes of at least 4 members (excludes halogenated alkanes) is 1. The maximum atomic E-state index is 12.4. The van der Waals surface area contributed by atoms with Gasteiger partial charge in [0.2, 0.25) is 5.88 Å². The molecule has 10 heteroatoms. The molecule has 4 rings (SSSR count). The minimum absolute atomic E-state index is 0.172. The zero-order valence-corrected chi connectivity index (χ0v) is 21.4. The maximum absolute atomic E-state index is 12.4. The maximum Gasteiger partial charge on any atom is 0.324 e. The van der Waals surface area contributed by atoms with E-state index >= 15 is 0 Å². The fraction of sp³-hybridized carbons (Fsp3) is 0.333. The summed E-state index contributed by atoms with van der Waals surface area (Å²) in [4.78, 5) is 21.2. The lowest BCUT2D eigenvalue weighted by atomic mass is 10.0. The molecule has 0 aliphatic carbocycles. The summed E-state index contributed by atoms with van der Waals surface area (Å²) >= 11 is 0. The van der Waals surface area contributed by atoms with Gasteiger partial charge >= 0.3 is 6.03 Å². The van der Waals surface area contributed by atoms with Crippen LogP contribution in [-0.4, -0.2) is 42.0 Å². The van der Waals surface area contributed by atoms with E-state index in [1.807, 2.05) is 26.0 Å². The number of aromatic nitrogens is 3. The molecule has 2 aromatic carbocycles. The quantitative estimate of drug-likeness (QED) is 0.233. The predicted molar refractivity (Wildman–Crippen MR) is 141 cm³/mol. The molecular weight excluding hydrogens is 474 g/mol. The Morgan fingerprint density at radius 3 is 2.68 bits per heavy atom. The SMILES string of the molecule is COCCCCc1cc2ncnc(Oc3cccc(NC(=O)Nc4cc(C(C)C)on4)c3)c2cc1OC. The number of carbonyl (C=O) groups excluding carboxylic acids is 1. The minimum Gasteiger partial charge on any atom is -0.496 e. The lowest BCUT2D eigenvalue weighted by Gasteiger charge is -2.13. The second kappa shape index (κ2) is 12.2. The molecular formula is C27H31N5O5. The van der Waals surface area contributed by atoms with Gasteiger partial charge < -0.3 is 24.1 Å². The first-order valence-corrected chi connectivity index (χ1v) is 12.1. The Hall–Kier alpha value is -4.18. The highest BCUT2D eigenvalue weighted by Gasteiger charge is 2.14. The number of hydrogen-bond acceptors (Lipinski definition) is 8. The van der Waals surface area contributed by atoms with Gasteiger partial charge in [0.25, 0.3) is 0 Å². The number of fused-ring (bicyclic) bond motifs is 1. The normalized spacial score (nSPS) is 11.1. The zero-order chi connectivity index (χ0) is 26.2. The van der Waals surface area contributed by atoms with Crippen molar-refractivity contribution in [3.63, 3.8) is 0 Å². The van der Waals surface area contributed by atoms with Crippen molar-refractivity contribution >= 4 is 28.4 Å². The Bertz CT molecular complexity index is 1350. The van der Waals surface area contributed by atoms with Crippen molar-refractivity contribution in [1.82, 2.24) is 15.1 Å². The molecule has 2 amide bonds. The molecule has 2 N–H and O–H groups in total. The zero-order valence-electron chi connectivity index (χ0n) is 21.4. The van der Waals surface area contributed by atoms with E-state index in [9.17, 15) is 4.79 Å². The molecule has 0 fully saturated rings. The molecule has 2 aromatic heterocycles. The topological polar surface area (TPSA) is 121 Å². The summed E-state index contributed by atoms with van der Waals surface area (Å²) < 4.78 is 22.1. The average Bonchev–Trinajstić information content (AvgIpc) is 3.35. The van der Waals surface area contributed by atoms with Crippen LogP contribution in [0.4, 0.5) is 16.3 Å². The van der Waals surface area contributed by atoms with Crippen LogP contribution in [0.1, 0.15) is 43.9 Å². The summed E-state index contributed by atoms with van der Waals surface area (Å²) in [7, 11) is 3.35. The largest absolute Gasteiger partial charge is 0.496 e. The van der Waals surface area contributed by atoms with Crippen molar-refractivity contribution in [3.05, 3.63) is 60.1 Å². The predicted octanol–water partition coefficient (Wildman–Crippen LogP) is 6.16. The first-order chi connectivity index (χ1) is 18.0. The summed E-state index contributed by atoms with van der Waals surface area (Å²) in [6.45, 7) is 4.69. The molecule has 2 heterocycles. The number of hydrogen-bond donors (Lipinski definition) is 2. The number of methoxy groups -OCH3 is 2. The van der Waals surface area contributed by atoms with E-state index in [1.54, 1.807) is 44.6 Å². The van der Waals surface area contributed by atoms with Crippen LogP contribution in [0.2, 0.25) is 0 Å². The van der Waals surface area contributed by atoms with Crippen molar-refractivity contribution in [2.45, 2.75) is 39.0 Å². The molecule has 10 nitrogen and oxygen atoms in total. The van der Waals surface area contributed by atoms with Crippen molar-refractivity contribution in [3.8, 4) is 17.4 Å². The number of aryl methyl sites for hydroxylation is 1. The number of rotatable bonds is 11. The number of benzene rings is 2. The Labute approximate surface area is 215 Å². The van der Waals surface area contributed by atoms with Crippen LogP contribution in [0.15, 0.2) is 53.3 Å². The van der Waals surface area contributed by atoms with Crippen LogP contribution in [-0.2, 0) is 11.2 Å². The van der Waals surface area contributed by atoms with Crippen LogP contribution in [0.3, 0.4) is 0 Å². The third-order valence-corrected chi connectivity index (χ3v) is 5.69. The number of amides is 2. The van der Waals surface area contributed by atoms with E-state index in [0.29, 0.717) is 28.9 Å². The molecule has 4 aromatic rings. The lowest BCUT2D eigenvalue weighted by Crippen LogP contribution is -2.19. The highest BCUT2D eigenvalue weighted by Crippen LogP contribution is 2.33. The van der Waals surface area contributed by atoms with Gasteiger partial charge in [0.1, 0.15) is 23.6 Å². The van der Waals surface area contributed by atoms with Gasteiger partial charge in [-0.3, -0.25) is 5.32 Å². The fourth-order valence-corrected chi connectivity index (χ4v) is 3.78. The van der Waals surface area contributed by atoms with E-state index in [2.05, 4.69) is 25.8 Å². The summed E-state index contributed by atoms with van der Waals surface area (Å²) in [5.74, 6) is 2.85. The monoisotopic (exact) mass is 505 g/mol. The van der Waals surface area contributed by atoms with Crippen LogP contribution >= 0.6 is 0 Å². The Kier molecular flexibility index (Phi) is 8.52. The highest BCUT2D eigenvalue weighted by molar-refractivity contribution is 5.99. The third-order valence-electron chi connectivity index (χ3n) is 5.69. The van der Waals surface area contributed by atoms with Crippen LogP contribution in [0.25, 0.3) is 10.9 Å². The van der Waals surface area contributed by atoms with Crippen molar-refractivity contribution in [2.24, 2.45) is 0 Å². The number of urea groups is 1. The van der Waals surface area contributed by atoms with Crippen molar-refractivity contribution in [2.75, 3.05) is 31.5 Å². The van der Waals surface area contributed by atoms with Gasteiger partial charge in [-0.2, -0.15) is 0 Å². The Morgan fingerprint density at radius 2 is 1.92 bits per heavy atom. The molecule has 0 bridgehead atoms. The van der Waals surface area contributed by atoms with E-state index in [-0.39, 0.29) is 5.92 Å². The van der Waals surface area contributed by atoms with E-state index in [4.69, 9.17) is 18.7 Å². The highest BCUT2D eigenvalue weighted by atomic mass is 16.5. The second-order valence-electron chi connectivity index (χ2n) is 8.79. The van der Waals surface area contributed by atoms with Gasteiger partial charge in [0.15, 0.2) is 5.82 Å². The summed E-state index contributed by atoms with van der Waals surface area (Å²) in [6, 6.07) is 12.2. The van der Waals surface area contributed by atoms with Gasteiger partial charge in [-0.15, -0.1) is 0 Å². The number of ether oxygens (including phenoxy) is 3. The van der Waals surface area contributed by atoms with Gasteiger partial charge in [-0.1, -0.05) is 25.1 Å². The number of carbonyl (C=O) groups is 1. The van der Waals surface area contributed by atoms with E-state index < -0.39 is 6.03 Å². The average molecular weight is 506 g/mol. The molecule has 0 aliphatic heterocycles. The molecule has 0 unspecified atom stereocenters. The van der Waals surface area contributed by atoms with E-state index in [1.165, 1.54) is 6.33 Å². The number of anilines is 2. The van der Waals surface area contributed by atoms with Crippen molar-refractivity contribution < 1.29 is 23.5 Å². The molecule has 0 spiro atoms. The standard InChI is InChI=1S/C27H31N5O5/c1-17(2)23-15-25(32-37-23)31-27(33)30-19-9-7-10-20(13-19)36-26-21-14-24(35-4)18(8-5-6-11-34-3)12-22(21)28-16-29-26/h7,9-10,12-17H,5-6,8,11H2,1-4H3,(H2,30,31,32,33). The molecule has 0 aliphatic rings. The van der Waals surface area contributed by atoms with Gasteiger partial charge in [0.05, 0.1) is 18.0 Å². The summed E-state index contributed by atoms with van der Waals surface area (Å²) in [5, 5.41) is 10.0. The Balaban J connectivity index is 1.47. The van der Waals surface area contributed by atoms with Crippen LogP contribution < -0.4 is 20.1 Å². The number of nitrogens with one attached hydrogen (secondary N) is 2. The second-order valence-corrected chi connectivity index (χ2v) is 8.79. The molecule has 194 valence electrons. The van der Waals surface area contributed by atoms with Crippen molar-refractivity contribution in [1.29, 1.82) is 0 Å². The van der Waals surface area contributed by atoms with Crippen LogP contribution in [0.5, 0.6) is 17.4 Å². The van der Waals surface area contributed by atoms with Gasteiger partial charge in [0, 0.05) is 37.5 Å².